The molecule has 1 aliphatic carbocycles. The predicted molar refractivity (Wildman–Crippen MR) is 202 cm³/mol. The highest BCUT2D eigenvalue weighted by Gasteiger charge is 2.33. The molecule has 0 spiro atoms. The lowest BCUT2D eigenvalue weighted by Gasteiger charge is -2.34. The summed E-state index contributed by atoms with van der Waals surface area (Å²) in [7, 11) is -2.80. The molecule has 11 heteroatoms. The van der Waals surface area contributed by atoms with Gasteiger partial charge < -0.3 is 24.2 Å². The van der Waals surface area contributed by atoms with E-state index in [-0.39, 0.29) is 6.10 Å². The van der Waals surface area contributed by atoms with E-state index in [9.17, 15) is 8.42 Å². The number of benzene rings is 3. The van der Waals surface area contributed by atoms with Gasteiger partial charge >= 0.3 is 10.2 Å². The molecule has 5 rings (SSSR count). The summed E-state index contributed by atoms with van der Waals surface area (Å²) in [5.41, 5.74) is 6.30. The van der Waals surface area contributed by atoms with Crippen molar-refractivity contribution in [2.24, 2.45) is 0 Å². The molecular weight excluding hydrogens is 653 g/mol. The zero-order valence-electron chi connectivity index (χ0n) is 29.8. The molecule has 1 atom stereocenters. The first-order valence-corrected chi connectivity index (χ1v) is 21.8. The van der Waals surface area contributed by atoms with Gasteiger partial charge in [0.25, 0.3) is 0 Å². The van der Waals surface area contributed by atoms with E-state index in [0.717, 1.165) is 52.2 Å². The van der Waals surface area contributed by atoms with Crippen LogP contribution >= 0.6 is 0 Å². The normalized spacial score (nSPS) is 14.4. The van der Waals surface area contributed by atoms with Gasteiger partial charge in [0.05, 0.1) is 11.8 Å². The number of aryl methyl sites for hydroxylation is 2. The molecule has 0 saturated heterocycles. The molecule has 0 aliphatic heterocycles. The highest BCUT2D eigenvalue weighted by molar-refractivity contribution is 7.90. The van der Waals surface area contributed by atoms with Crippen LogP contribution in [0.15, 0.2) is 66.7 Å². The molecule has 3 aromatic carbocycles. The SMILES string of the molecule is CC[Si](CC)(CC)O[C@@H](CNCCOc1ccc2[nH]c3c(c2c1)CCCCC3)c1ccc(OCc2ccccc2)c(NS(=O)(=O)N(C)C)c1. The Balaban J connectivity index is 1.31. The third-order valence-electron chi connectivity index (χ3n) is 9.85. The van der Waals surface area contributed by atoms with Crippen molar-refractivity contribution in [2.75, 3.05) is 38.5 Å². The van der Waals surface area contributed by atoms with Crippen LogP contribution in [0.1, 0.15) is 68.5 Å². The second kappa shape index (κ2) is 17.0. The van der Waals surface area contributed by atoms with Crippen molar-refractivity contribution in [2.45, 2.75) is 83.7 Å². The smallest absolute Gasteiger partial charge is 0.301 e. The van der Waals surface area contributed by atoms with Crippen molar-refractivity contribution >= 4 is 35.1 Å². The second-order valence-electron chi connectivity index (χ2n) is 13.2. The van der Waals surface area contributed by atoms with Crippen LogP contribution in [0.2, 0.25) is 18.1 Å². The van der Waals surface area contributed by atoms with Crippen LogP contribution in [0.5, 0.6) is 11.5 Å². The first kappa shape index (κ1) is 36.9. The van der Waals surface area contributed by atoms with Crippen LogP contribution in [-0.2, 0) is 34.1 Å². The highest BCUT2D eigenvalue weighted by atomic mass is 32.2. The first-order chi connectivity index (χ1) is 23.7. The minimum absolute atomic E-state index is 0.274. The number of fused-ring (bicyclic) bond motifs is 3. The summed E-state index contributed by atoms with van der Waals surface area (Å²) in [6.07, 6.45) is 5.74. The monoisotopic (exact) mass is 706 g/mol. The van der Waals surface area contributed by atoms with Gasteiger partial charge in [-0.15, -0.1) is 0 Å². The summed E-state index contributed by atoms with van der Waals surface area (Å²) < 4.78 is 49.3. The molecule has 0 radical (unpaired) electrons. The number of ether oxygens (including phenoxy) is 2. The number of anilines is 1. The maximum absolute atomic E-state index is 13.0. The molecule has 0 bridgehead atoms. The van der Waals surface area contributed by atoms with Gasteiger partial charge in [0.1, 0.15) is 24.7 Å². The van der Waals surface area contributed by atoms with Gasteiger partial charge in [0.15, 0.2) is 8.32 Å². The Kier molecular flexibility index (Phi) is 12.8. The number of hydrogen-bond donors (Lipinski definition) is 3. The van der Waals surface area contributed by atoms with Gasteiger partial charge in [-0.25, -0.2) is 0 Å². The number of rotatable bonds is 18. The Bertz CT molecular complexity index is 1750. The van der Waals surface area contributed by atoms with E-state index < -0.39 is 18.5 Å². The molecule has 1 aromatic heterocycles. The molecule has 9 nitrogen and oxygen atoms in total. The maximum atomic E-state index is 13.0. The number of nitrogens with zero attached hydrogens (tertiary/aromatic N) is 1. The van der Waals surface area contributed by atoms with E-state index in [2.05, 4.69) is 47.9 Å². The average molecular weight is 707 g/mol. The molecule has 4 aromatic rings. The Morgan fingerprint density at radius 2 is 1.65 bits per heavy atom. The number of nitrogens with one attached hydrogen (secondary N) is 3. The molecule has 49 heavy (non-hydrogen) atoms. The van der Waals surface area contributed by atoms with E-state index in [4.69, 9.17) is 13.9 Å². The Morgan fingerprint density at radius 1 is 0.898 bits per heavy atom. The topological polar surface area (TPSA) is 105 Å². The third kappa shape index (κ3) is 9.46. The lowest BCUT2D eigenvalue weighted by Crippen LogP contribution is -2.40. The fourth-order valence-electron chi connectivity index (χ4n) is 6.57. The lowest BCUT2D eigenvalue weighted by molar-refractivity contribution is 0.183. The summed E-state index contributed by atoms with van der Waals surface area (Å²) >= 11 is 0. The standard InChI is InChI=1S/C38H54N4O5SSi/c1-6-49(7-2,8-3)47-38(27-39-23-24-45-31-20-21-35-33(26-31)32-17-13-10-14-18-34(32)40-35)30-19-22-37(46-28-29-15-11-9-12-16-29)36(25-30)41-48(43,44)42(4)5/h9,11-12,15-16,19-22,25-26,38-41H,6-8,10,13-14,17-18,23-24,27-28H2,1-5H3/t38-/m0/s1. The van der Waals surface area contributed by atoms with E-state index in [0.29, 0.717) is 37.7 Å². The van der Waals surface area contributed by atoms with E-state index in [1.807, 2.05) is 54.6 Å². The molecular formula is C38H54N4O5SSi. The zero-order valence-corrected chi connectivity index (χ0v) is 31.6. The summed E-state index contributed by atoms with van der Waals surface area (Å²) in [6.45, 7) is 8.68. The number of aromatic amines is 1. The molecule has 0 unspecified atom stereocenters. The summed E-state index contributed by atoms with van der Waals surface area (Å²) in [6, 6.07) is 24.9. The second-order valence-corrected chi connectivity index (χ2v) is 19.8. The van der Waals surface area contributed by atoms with Crippen LogP contribution in [0.3, 0.4) is 0 Å². The van der Waals surface area contributed by atoms with Crippen LogP contribution < -0.4 is 19.5 Å². The zero-order chi connectivity index (χ0) is 34.9. The van der Waals surface area contributed by atoms with Gasteiger partial charge in [-0.05, 0) is 90.8 Å². The van der Waals surface area contributed by atoms with Crippen molar-refractivity contribution in [3.8, 4) is 11.5 Å². The predicted octanol–water partition coefficient (Wildman–Crippen LogP) is 7.97. The van der Waals surface area contributed by atoms with Crippen molar-refractivity contribution < 1.29 is 22.3 Å². The van der Waals surface area contributed by atoms with Crippen molar-refractivity contribution in [3.05, 3.63) is 89.1 Å². The van der Waals surface area contributed by atoms with Crippen LogP contribution in [-0.4, -0.2) is 59.8 Å². The largest absolute Gasteiger partial charge is 0.492 e. The molecule has 0 fully saturated rings. The van der Waals surface area contributed by atoms with Crippen LogP contribution in [0.4, 0.5) is 5.69 Å². The fraction of sp³-hybridized carbons (Fsp3) is 0.474. The molecule has 1 aliphatic rings. The average Bonchev–Trinajstić information content (AvgIpc) is 3.28. The van der Waals surface area contributed by atoms with Crippen molar-refractivity contribution in [3.63, 3.8) is 0 Å². The first-order valence-electron chi connectivity index (χ1n) is 17.8. The van der Waals surface area contributed by atoms with Crippen molar-refractivity contribution in [1.82, 2.24) is 14.6 Å². The third-order valence-corrected chi connectivity index (χ3v) is 15.9. The number of hydrogen-bond acceptors (Lipinski definition) is 6. The fourth-order valence-corrected chi connectivity index (χ4v) is 10.0. The van der Waals surface area contributed by atoms with Crippen LogP contribution in [0.25, 0.3) is 10.9 Å². The van der Waals surface area contributed by atoms with Gasteiger partial charge in [0.2, 0.25) is 0 Å². The van der Waals surface area contributed by atoms with E-state index in [1.54, 1.807) is 0 Å². The van der Waals surface area contributed by atoms with Crippen LogP contribution in [0, 0.1) is 0 Å². The molecule has 1 heterocycles. The van der Waals surface area contributed by atoms with Gasteiger partial charge in [0, 0.05) is 43.8 Å². The number of H-pyrrole nitrogens is 1. The highest BCUT2D eigenvalue weighted by Crippen LogP contribution is 2.35. The van der Waals surface area contributed by atoms with Gasteiger partial charge in [-0.3, -0.25) is 4.72 Å². The Hall–Kier alpha value is -3.35. The van der Waals surface area contributed by atoms with Gasteiger partial charge in [-0.1, -0.05) is 63.6 Å². The molecule has 0 amide bonds. The van der Waals surface area contributed by atoms with E-state index in [1.165, 1.54) is 55.5 Å². The quantitative estimate of drug-likeness (QED) is 0.0551. The maximum Gasteiger partial charge on any atom is 0.301 e. The summed E-state index contributed by atoms with van der Waals surface area (Å²) in [5.74, 6) is 1.34. The molecule has 266 valence electrons. The lowest BCUT2D eigenvalue weighted by atomic mass is 10.1. The van der Waals surface area contributed by atoms with E-state index >= 15 is 0 Å². The molecule has 0 saturated carbocycles. The summed E-state index contributed by atoms with van der Waals surface area (Å²) in [4.78, 5) is 3.63. The minimum Gasteiger partial charge on any atom is -0.492 e. The summed E-state index contributed by atoms with van der Waals surface area (Å²) in [5, 5.41) is 4.86. The Morgan fingerprint density at radius 3 is 2.39 bits per heavy atom. The van der Waals surface area contributed by atoms with Crippen molar-refractivity contribution in [1.29, 1.82) is 0 Å². The minimum atomic E-state index is -3.78. The number of aromatic nitrogens is 1. The Labute approximate surface area is 294 Å². The van der Waals surface area contributed by atoms with Gasteiger partial charge in [-0.2, -0.15) is 12.7 Å². The molecule has 3 N–H and O–H groups in total.